The third kappa shape index (κ3) is 4.02. The Morgan fingerprint density at radius 2 is 2.07 bits per heavy atom. The molecule has 0 aliphatic carbocycles. The zero-order valence-electron chi connectivity index (χ0n) is 16.9. The van der Waals surface area contributed by atoms with E-state index in [4.69, 9.17) is 4.74 Å². The Morgan fingerprint density at radius 3 is 2.82 bits per heavy atom. The Hall–Kier alpha value is -2.47. The van der Waals surface area contributed by atoms with Gasteiger partial charge >= 0.3 is 0 Å². The average molecular weight is 380 g/mol. The Labute approximate surface area is 166 Å². The first-order valence-corrected chi connectivity index (χ1v) is 10.1. The van der Waals surface area contributed by atoms with Crippen LogP contribution in [0.3, 0.4) is 0 Å². The molecule has 0 radical (unpaired) electrons. The molecule has 28 heavy (non-hydrogen) atoms. The number of amides is 1. The van der Waals surface area contributed by atoms with E-state index < -0.39 is 0 Å². The number of nitrogens with one attached hydrogen (secondary N) is 1. The number of aromatic nitrogens is 2. The summed E-state index contributed by atoms with van der Waals surface area (Å²) in [7, 11) is 2.08. The normalized spacial score (nSPS) is 21.8. The molecule has 2 aromatic rings. The fourth-order valence-corrected chi connectivity index (χ4v) is 4.21. The second-order valence-electron chi connectivity index (χ2n) is 8.06. The van der Waals surface area contributed by atoms with Crippen LogP contribution < -0.4 is 10.1 Å². The Bertz CT molecular complexity index is 863. The lowest BCUT2D eigenvalue weighted by atomic mass is 9.97. The first-order valence-electron chi connectivity index (χ1n) is 10.1. The minimum atomic E-state index is -0.0488. The molecule has 1 aromatic carbocycles. The molecule has 0 spiro atoms. The lowest BCUT2D eigenvalue weighted by molar-refractivity contribution is -0.126. The van der Waals surface area contributed by atoms with Gasteiger partial charge in [-0.05, 0) is 58.0 Å². The monoisotopic (exact) mass is 380 g/mol. The molecule has 1 aromatic heterocycles. The lowest BCUT2D eigenvalue weighted by Crippen LogP contribution is -2.44. The van der Waals surface area contributed by atoms with Crippen LogP contribution >= 0.6 is 0 Å². The van der Waals surface area contributed by atoms with Gasteiger partial charge < -0.3 is 15.0 Å². The van der Waals surface area contributed by atoms with E-state index in [9.17, 15) is 4.79 Å². The lowest BCUT2D eigenvalue weighted by Gasteiger charge is -2.29. The molecule has 1 saturated heterocycles. The zero-order chi connectivity index (χ0) is 19.7. The van der Waals surface area contributed by atoms with Gasteiger partial charge in [0.1, 0.15) is 11.9 Å². The van der Waals surface area contributed by atoms with Gasteiger partial charge in [-0.15, -0.1) is 0 Å². The van der Waals surface area contributed by atoms with Gasteiger partial charge in [-0.3, -0.25) is 4.79 Å². The van der Waals surface area contributed by atoms with Crippen LogP contribution in [0, 0.1) is 19.8 Å². The van der Waals surface area contributed by atoms with Gasteiger partial charge in [0, 0.05) is 24.4 Å². The van der Waals surface area contributed by atoms with Crippen molar-refractivity contribution in [3.63, 3.8) is 0 Å². The standard InChI is InChI=1S/C22H28N4O2/c1-14-10-15(2)25-21(24-14)19-8-4-6-16-11-18(28-20(16)19)12-23-22(27)17-7-5-9-26(3)13-17/h4,6,8,10,17-18H,5,7,9,11-13H2,1-3H3,(H,23,27)/t17-,18+/m1/s1. The van der Waals surface area contributed by atoms with E-state index >= 15 is 0 Å². The summed E-state index contributed by atoms with van der Waals surface area (Å²) in [6.07, 6.45) is 2.79. The highest BCUT2D eigenvalue weighted by molar-refractivity contribution is 5.79. The number of nitrogens with zero attached hydrogens (tertiary/aromatic N) is 3. The Morgan fingerprint density at radius 1 is 1.29 bits per heavy atom. The maximum absolute atomic E-state index is 12.5. The van der Waals surface area contributed by atoms with E-state index in [0.717, 1.165) is 60.6 Å². The number of aryl methyl sites for hydroxylation is 2. The molecule has 2 aliphatic heterocycles. The summed E-state index contributed by atoms with van der Waals surface area (Å²) in [5, 5.41) is 3.11. The van der Waals surface area contributed by atoms with Gasteiger partial charge in [0.05, 0.1) is 18.0 Å². The summed E-state index contributed by atoms with van der Waals surface area (Å²) in [6, 6.07) is 8.08. The highest BCUT2D eigenvalue weighted by Crippen LogP contribution is 2.37. The predicted molar refractivity (Wildman–Crippen MR) is 108 cm³/mol. The number of ether oxygens (including phenoxy) is 1. The van der Waals surface area contributed by atoms with Crippen molar-refractivity contribution in [3.05, 3.63) is 41.2 Å². The molecule has 0 saturated carbocycles. The average Bonchev–Trinajstić information content (AvgIpc) is 3.08. The number of rotatable bonds is 4. The molecule has 148 valence electrons. The number of hydrogen-bond acceptors (Lipinski definition) is 5. The van der Waals surface area contributed by atoms with Crippen LogP contribution in [0.15, 0.2) is 24.3 Å². The van der Waals surface area contributed by atoms with Gasteiger partial charge in [-0.2, -0.15) is 0 Å². The van der Waals surface area contributed by atoms with E-state index in [-0.39, 0.29) is 17.9 Å². The number of carbonyl (C=O) groups is 1. The third-order valence-electron chi connectivity index (χ3n) is 5.55. The van der Waals surface area contributed by atoms with Crippen molar-refractivity contribution in [3.8, 4) is 17.1 Å². The van der Waals surface area contributed by atoms with Crippen LogP contribution in [0.5, 0.6) is 5.75 Å². The molecule has 2 aliphatic rings. The van der Waals surface area contributed by atoms with Gasteiger partial charge in [-0.1, -0.05) is 12.1 Å². The summed E-state index contributed by atoms with van der Waals surface area (Å²) in [4.78, 5) is 23.9. The fraction of sp³-hybridized carbons (Fsp3) is 0.500. The molecule has 1 amide bonds. The van der Waals surface area contributed by atoms with Gasteiger partial charge in [0.15, 0.2) is 5.82 Å². The van der Waals surface area contributed by atoms with Crippen LogP contribution in [0.4, 0.5) is 0 Å². The number of para-hydroxylation sites is 1. The molecule has 0 bridgehead atoms. The zero-order valence-corrected chi connectivity index (χ0v) is 16.9. The number of piperidine rings is 1. The topological polar surface area (TPSA) is 67.3 Å². The number of fused-ring (bicyclic) bond motifs is 1. The van der Waals surface area contributed by atoms with Crippen molar-refractivity contribution >= 4 is 5.91 Å². The largest absolute Gasteiger partial charge is 0.487 e. The maximum Gasteiger partial charge on any atom is 0.224 e. The van der Waals surface area contributed by atoms with Crippen molar-refractivity contribution < 1.29 is 9.53 Å². The third-order valence-corrected chi connectivity index (χ3v) is 5.55. The summed E-state index contributed by atoms with van der Waals surface area (Å²) < 4.78 is 6.23. The molecule has 2 atom stereocenters. The minimum Gasteiger partial charge on any atom is -0.487 e. The number of benzene rings is 1. The highest BCUT2D eigenvalue weighted by Gasteiger charge is 2.29. The van der Waals surface area contributed by atoms with Crippen LogP contribution in [0.2, 0.25) is 0 Å². The van der Waals surface area contributed by atoms with Crippen LogP contribution in [-0.2, 0) is 11.2 Å². The van der Waals surface area contributed by atoms with Crippen molar-refractivity contribution in [2.24, 2.45) is 5.92 Å². The summed E-state index contributed by atoms with van der Waals surface area (Å²) in [5.41, 5.74) is 3.96. The molecule has 4 rings (SSSR count). The van der Waals surface area contributed by atoms with Crippen molar-refractivity contribution in [1.29, 1.82) is 0 Å². The minimum absolute atomic E-state index is 0.0488. The molecular weight excluding hydrogens is 352 g/mol. The van der Waals surface area contributed by atoms with E-state index in [1.54, 1.807) is 0 Å². The SMILES string of the molecule is Cc1cc(C)nc(-c2cccc3c2O[C@H](CNC(=O)[C@@H]2CCCN(C)C2)C3)n1. The summed E-state index contributed by atoms with van der Waals surface area (Å²) in [5.74, 6) is 1.78. The summed E-state index contributed by atoms with van der Waals surface area (Å²) in [6.45, 7) is 6.40. The van der Waals surface area contributed by atoms with E-state index in [1.165, 1.54) is 0 Å². The van der Waals surface area contributed by atoms with Crippen LogP contribution in [0.25, 0.3) is 11.4 Å². The van der Waals surface area contributed by atoms with Crippen molar-refractivity contribution in [1.82, 2.24) is 20.2 Å². The van der Waals surface area contributed by atoms with Gasteiger partial charge in [-0.25, -0.2) is 9.97 Å². The van der Waals surface area contributed by atoms with Crippen molar-refractivity contribution in [2.45, 2.75) is 39.2 Å². The number of likely N-dealkylation sites (tertiary alicyclic amines) is 1. The summed E-state index contributed by atoms with van der Waals surface area (Å²) >= 11 is 0. The first-order chi connectivity index (χ1) is 13.5. The van der Waals surface area contributed by atoms with E-state index in [0.29, 0.717) is 12.4 Å². The smallest absolute Gasteiger partial charge is 0.224 e. The molecule has 3 heterocycles. The van der Waals surface area contributed by atoms with Gasteiger partial charge in [0.25, 0.3) is 0 Å². The van der Waals surface area contributed by atoms with Crippen molar-refractivity contribution in [2.75, 3.05) is 26.7 Å². The molecule has 1 N–H and O–H groups in total. The molecular formula is C22H28N4O2. The molecule has 6 heteroatoms. The second-order valence-corrected chi connectivity index (χ2v) is 8.06. The van der Waals surface area contributed by atoms with E-state index in [2.05, 4.69) is 33.3 Å². The van der Waals surface area contributed by atoms with Crippen LogP contribution in [0.1, 0.15) is 29.8 Å². The first kappa shape index (κ1) is 18.9. The maximum atomic E-state index is 12.5. The number of hydrogen-bond donors (Lipinski definition) is 1. The quantitative estimate of drug-likeness (QED) is 0.883. The highest BCUT2D eigenvalue weighted by atomic mass is 16.5. The molecule has 1 fully saturated rings. The number of carbonyl (C=O) groups excluding carboxylic acids is 1. The molecule has 6 nitrogen and oxygen atoms in total. The van der Waals surface area contributed by atoms with E-state index in [1.807, 2.05) is 32.0 Å². The Kier molecular flexibility index (Phi) is 5.31. The predicted octanol–water partition coefficient (Wildman–Crippen LogP) is 2.52. The van der Waals surface area contributed by atoms with Crippen LogP contribution in [-0.4, -0.2) is 53.6 Å². The molecule has 0 unspecified atom stereocenters. The Balaban J connectivity index is 1.43. The second kappa shape index (κ2) is 7.87. The fourth-order valence-electron chi connectivity index (χ4n) is 4.21. The van der Waals surface area contributed by atoms with Gasteiger partial charge in [0.2, 0.25) is 5.91 Å².